The monoisotopic (exact) mass is 374 g/mol. The van der Waals surface area contributed by atoms with Gasteiger partial charge in [-0.15, -0.1) is 0 Å². The van der Waals surface area contributed by atoms with Crippen LogP contribution in [0.25, 0.3) is 0 Å². The number of rotatable bonds is 3. The molecule has 0 aromatic carbocycles. The summed E-state index contributed by atoms with van der Waals surface area (Å²) in [4.78, 5) is 36.7. The molecule has 1 fully saturated rings. The molecule has 0 bridgehead atoms. The molecule has 0 aromatic heterocycles. The average Bonchev–Trinajstić information content (AvgIpc) is 2.91. The second-order valence-electron chi connectivity index (χ2n) is 6.81. The predicted octanol–water partition coefficient (Wildman–Crippen LogP) is 3.19. The lowest BCUT2D eigenvalue weighted by molar-refractivity contribution is -0.148. The van der Waals surface area contributed by atoms with Gasteiger partial charge in [-0.3, -0.25) is 0 Å². The van der Waals surface area contributed by atoms with Gasteiger partial charge in [-0.2, -0.15) is 0 Å². The van der Waals surface area contributed by atoms with E-state index < -0.39 is 36.0 Å². The molecule has 1 aliphatic heterocycles. The van der Waals surface area contributed by atoms with Crippen LogP contribution in [-0.4, -0.2) is 37.2 Å². The van der Waals surface area contributed by atoms with E-state index in [9.17, 15) is 14.4 Å². The van der Waals surface area contributed by atoms with Gasteiger partial charge in [0, 0.05) is 23.1 Å². The number of allylic oxidation sites excluding steroid dienone is 3. The Morgan fingerprint density at radius 3 is 2.70 bits per heavy atom. The van der Waals surface area contributed by atoms with Gasteiger partial charge in [0.1, 0.15) is 12.2 Å². The highest BCUT2D eigenvalue weighted by molar-refractivity contribution is 5.92. The van der Waals surface area contributed by atoms with Gasteiger partial charge in [-0.05, 0) is 39.7 Å². The van der Waals surface area contributed by atoms with Gasteiger partial charge in [-0.25, -0.2) is 14.4 Å². The molecule has 0 radical (unpaired) electrons. The van der Waals surface area contributed by atoms with Crippen LogP contribution in [0.5, 0.6) is 0 Å². The van der Waals surface area contributed by atoms with Crippen LogP contribution in [0.1, 0.15) is 40.0 Å². The average molecular weight is 374 g/mol. The second-order valence-corrected chi connectivity index (χ2v) is 6.81. The molecule has 0 N–H and O–H groups in total. The highest BCUT2D eigenvalue weighted by atomic mass is 16.6. The minimum absolute atomic E-state index is 0.124. The number of carbonyl (C=O) groups excluding carboxylic acids is 3. The standard InChI is InChI=1S/C21H26O6/c1-6-13(3)19(22)26-17-11-15(21(24)25-5)9-7-8-12(2)10-16-18(17)14(4)20(23)27-16/h6,9-10,16-18H,4,7-8,11H2,1-3,5H3/b12-10+,13-6+,15-9+/t16-,17-,18+/m1/s1. The maximum absolute atomic E-state index is 12.4. The maximum atomic E-state index is 12.4. The molecule has 0 saturated carbocycles. The lowest BCUT2D eigenvalue weighted by Gasteiger charge is -2.27. The van der Waals surface area contributed by atoms with Crippen molar-refractivity contribution in [2.24, 2.45) is 5.92 Å². The maximum Gasteiger partial charge on any atom is 0.334 e. The van der Waals surface area contributed by atoms with Crippen molar-refractivity contribution >= 4 is 17.9 Å². The zero-order chi connectivity index (χ0) is 20.1. The summed E-state index contributed by atoms with van der Waals surface area (Å²) in [5.41, 5.74) is 2.11. The first kappa shape index (κ1) is 20.7. The first-order valence-corrected chi connectivity index (χ1v) is 8.96. The molecular formula is C21H26O6. The van der Waals surface area contributed by atoms with E-state index in [1.807, 2.05) is 13.0 Å². The molecule has 0 spiro atoms. The fourth-order valence-corrected chi connectivity index (χ4v) is 3.21. The Labute approximate surface area is 159 Å². The molecule has 0 amide bonds. The number of esters is 3. The summed E-state index contributed by atoms with van der Waals surface area (Å²) in [7, 11) is 1.31. The minimum atomic E-state index is -0.774. The molecule has 1 saturated heterocycles. The summed E-state index contributed by atoms with van der Waals surface area (Å²) in [5.74, 6) is -2.06. The number of methoxy groups -OCH3 is 1. The van der Waals surface area contributed by atoms with Gasteiger partial charge in [0.25, 0.3) is 0 Å². The van der Waals surface area contributed by atoms with Gasteiger partial charge in [0.2, 0.25) is 0 Å². The van der Waals surface area contributed by atoms with Crippen molar-refractivity contribution in [2.75, 3.05) is 7.11 Å². The zero-order valence-corrected chi connectivity index (χ0v) is 16.2. The van der Waals surface area contributed by atoms with Crippen LogP contribution in [0, 0.1) is 5.92 Å². The van der Waals surface area contributed by atoms with Crippen LogP contribution in [0.2, 0.25) is 0 Å². The Kier molecular flexibility index (Phi) is 6.77. The minimum Gasteiger partial charge on any atom is -0.466 e. The molecule has 146 valence electrons. The zero-order valence-electron chi connectivity index (χ0n) is 16.2. The Bertz CT molecular complexity index is 740. The van der Waals surface area contributed by atoms with E-state index >= 15 is 0 Å². The number of hydrogen-bond acceptors (Lipinski definition) is 6. The molecule has 0 aromatic rings. The third-order valence-corrected chi connectivity index (χ3v) is 4.92. The second kappa shape index (κ2) is 8.84. The Hall–Kier alpha value is -2.63. The summed E-state index contributed by atoms with van der Waals surface area (Å²) < 4.78 is 16.0. The number of carbonyl (C=O) groups is 3. The molecule has 27 heavy (non-hydrogen) atoms. The van der Waals surface area contributed by atoms with E-state index in [0.717, 1.165) is 12.0 Å². The summed E-state index contributed by atoms with van der Waals surface area (Å²) in [6, 6.07) is 0. The molecule has 0 unspecified atom stereocenters. The van der Waals surface area contributed by atoms with Crippen LogP contribution >= 0.6 is 0 Å². The first-order chi connectivity index (χ1) is 12.8. The van der Waals surface area contributed by atoms with Gasteiger partial charge in [0.05, 0.1) is 13.0 Å². The largest absolute Gasteiger partial charge is 0.466 e. The quantitative estimate of drug-likeness (QED) is 0.327. The van der Waals surface area contributed by atoms with E-state index in [4.69, 9.17) is 14.2 Å². The first-order valence-electron chi connectivity index (χ1n) is 8.96. The van der Waals surface area contributed by atoms with Gasteiger partial charge in [-0.1, -0.05) is 24.3 Å². The Morgan fingerprint density at radius 1 is 1.37 bits per heavy atom. The van der Waals surface area contributed by atoms with Crippen LogP contribution in [0.4, 0.5) is 0 Å². The Balaban J connectivity index is 2.47. The van der Waals surface area contributed by atoms with Crippen LogP contribution in [-0.2, 0) is 28.6 Å². The van der Waals surface area contributed by atoms with E-state index in [2.05, 4.69) is 6.58 Å². The smallest absolute Gasteiger partial charge is 0.334 e. The van der Waals surface area contributed by atoms with Crippen molar-refractivity contribution in [1.82, 2.24) is 0 Å². The predicted molar refractivity (Wildman–Crippen MR) is 99.5 cm³/mol. The fraction of sp³-hybridized carbons (Fsp3) is 0.476. The molecule has 2 aliphatic rings. The highest BCUT2D eigenvalue weighted by Crippen LogP contribution is 2.36. The van der Waals surface area contributed by atoms with E-state index in [0.29, 0.717) is 17.6 Å². The summed E-state index contributed by atoms with van der Waals surface area (Å²) in [6.07, 6.45) is 5.44. The number of hydrogen-bond donors (Lipinski definition) is 0. The normalized spacial score (nSPS) is 30.2. The molecule has 3 atom stereocenters. The summed E-state index contributed by atoms with van der Waals surface area (Å²) in [5, 5.41) is 0. The number of fused-ring (bicyclic) bond motifs is 1. The van der Waals surface area contributed by atoms with Crippen LogP contribution in [0.3, 0.4) is 0 Å². The van der Waals surface area contributed by atoms with Crippen molar-refractivity contribution in [3.8, 4) is 0 Å². The molecule has 1 aliphatic carbocycles. The van der Waals surface area contributed by atoms with Crippen molar-refractivity contribution in [1.29, 1.82) is 0 Å². The van der Waals surface area contributed by atoms with Crippen molar-refractivity contribution in [3.63, 3.8) is 0 Å². The summed E-state index contributed by atoms with van der Waals surface area (Å²) in [6.45, 7) is 9.15. The van der Waals surface area contributed by atoms with Crippen LogP contribution < -0.4 is 0 Å². The molecule has 6 heteroatoms. The van der Waals surface area contributed by atoms with Crippen molar-refractivity contribution in [3.05, 3.63) is 47.1 Å². The lowest BCUT2D eigenvalue weighted by Crippen LogP contribution is -2.34. The third kappa shape index (κ3) is 4.76. The van der Waals surface area contributed by atoms with E-state index in [-0.39, 0.29) is 12.0 Å². The Morgan fingerprint density at radius 2 is 2.07 bits per heavy atom. The molecular weight excluding hydrogens is 348 g/mol. The highest BCUT2D eigenvalue weighted by Gasteiger charge is 2.45. The summed E-state index contributed by atoms with van der Waals surface area (Å²) >= 11 is 0. The van der Waals surface area contributed by atoms with Gasteiger partial charge < -0.3 is 14.2 Å². The lowest BCUT2D eigenvalue weighted by atomic mass is 9.85. The molecule has 1 heterocycles. The number of ether oxygens (including phenoxy) is 3. The SMILES string of the molecule is C=C1C(=O)O[C@@H]2/C=C(\C)CC/C=C(/C(=O)OC)C[C@@H](OC(=O)/C(C)=C/C)[C@@H]12. The fourth-order valence-electron chi connectivity index (χ4n) is 3.21. The van der Waals surface area contributed by atoms with E-state index in [1.54, 1.807) is 26.0 Å². The molecule has 2 rings (SSSR count). The van der Waals surface area contributed by atoms with Crippen molar-refractivity contribution in [2.45, 2.75) is 52.2 Å². The van der Waals surface area contributed by atoms with Gasteiger partial charge in [0.15, 0.2) is 0 Å². The van der Waals surface area contributed by atoms with E-state index in [1.165, 1.54) is 7.11 Å². The molecule has 6 nitrogen and oxygen atoms in total. The van der Waals surface area contributed by atoms with Crippen LogP contribution in [0.15, 0.2) is 47.1 Å². The topological polar surface area (TPSA) is 78.9 Å². The van der Waals surface area contributed by atoms with Crippen molar-refractivity contribution < 1.29 is 28.6 Å². The van der Waals surface area contributed by atoms with Gasteiger partial charge >= 0.3 is 17.9 Å². The third-order valence-electron chi connectivity index (χ3n) is 4.92.